The Morgan fingerprint density at radius 3 is 2.87 bits per heavy atom. The van der Waals surface area contributed by atoms with E-state index in [-0.39, 0.29) is 17.4 Å². The Morgan fingerprint density at radius 2 is 2.17 bits per heavy atom. The third kappa shape index (κ3) is 3.03. The van der Waals surface area contributed by atoms with Crippen LogP contribution in [0.5, 0.6) is 0 Å². The lowest BCUT2D eigenvalue weighted by molar-refractivity contribution is -0.121. The first-order chi connectivity index (χ1) is 11.2. The molecule has 0 saturated carbocycles. The normalized spacial score (nSPS) is 24.0. The van der Waals surface area contributed by atoms with Gasteiger partial charge in [0, 0.05) is 42.4 Å². The summed E-state index contributed by atoms with van der Waals surface area (Å²) < 4.78 is 0. The fraction of sp³-hybridized carbons (Fsp3) is 0.444. The quantitative estimate of drug-likeness (QED) is 0.943. The molecule has 120 valence electrons. The van der Waals surface area contributed by atoms with Gasteiger partial charge in [-0.25, -0.2) is 0 Å². The Morgan fingerprint density at radius 1 is 1.30 bits per heavy atom. The second-order valence-electron chi connectivity index (χ2n) is 6.67. The predicted molar refractivity (Wildman–Crippen MR) is 91.3 cm³/mol. The molecule has 23 heavy (non-hydrogen) atoms. The number of hydrogen-bond acceptors (Lipinski definition) is 4. The van der Waals surface area contributed by atoms with Crippen LogP contribution >= 0.6 is 11.3 Å². The first-order valence-corrected chi connectivity index (χ1v) is 9.09. The van der Waals surface area contributed by atoms with E-state index in [1.165, 1.54) is 4.88 Å². The van der Waals surface area contributed by atoms with E-state index in [4.69, 9.17) is 0 Å². The molecule has 0 radical (unpaired) electrons. The van der Waals surface area contributed by atoms with Gasteiger partial charge in [-0.1, -0.05) is 12.1 Å². The predicted octanol–water partition coefficient (Wildman–Crippen LogP) is 2.78. The van der Waals surface area contributed by atoms with E-state index in [1.807, 2.05) is 29.7 Å². The van der Waals surface area contributed by atoms with Gasteiger partial charge in [0.15, 0.2) is 0 Å². The van der Waals surface area contributed by atoms with Gasteiger partial charge in [-0.2, -0.15) is 0 Å². The second kappa shape index (κ2) is 6.06. The number of aromatic nitrogens is 1. The van der Waals surface area contributed by atoms with Gasteiger partial charge in [-0.05, 0) is 42.3 Å². The molecule has 2 aliphatic heterocycles. The molecule has 4 rings (SSSR count). The van der Waals surface area contributed by atoms with Crippen molar-refractivity contribution in [2.24, 2.45) is 0 Å². The van der Waals surface area contributed by atoms with Crippen molar-refractivity contribution in [2.45, 2.75) is 37.3 Å². The summed E-state index contributed by atoms with van der Waals surface area (Å²) in [6.45, 7) is 3.14. The molecule has 0 aliphatic carbocycles. The molecule has 1 spiro atoms. The van der Waals surface area contributed by atoms with Crippen molar-refractivity contribution in [1.82, 2.24) is 15.2 Å². The molecule has 2 aliphatic rings. The summed E-state index contributed by atoms with van der Waals surface area (Å²) in [5, 5.41) is 5.44. The number of rotatable bonds is 3. The molecule has 1 amide bonds. The molecule has 2 aromatic heterocycles. The van der Waals surface area contributed by atoms with Gasteiger partial charge >= 0.3 is 0 Å². The summed E-state index contributed by atoms with van der Waals surface area (Å²) in [5.74, 6) is 0.136. The number of hydrogen-bond donors (Lipinski definition) is 1. The molecule has 4 heterocycles. The lowest BCUT2D eigenvalue weighted by Gasteiger charge is -2.39. The highest BCUT2D eigenvalue weighted by atomic mass is 32.1. The Kier molecular flexibility index (Phi) is 3.91. The lowest BCUT2D eigenvalue weighted by Crippen LogP contribution is -2.50. The molecule has 5 heteroatoms. The van der Waals surface area contributed by atoms with Crippen molar-refractivity contribution in [1.29, 1.82) is 0 Å². The Hall–Kier alpha value is -1.72. The van der Waals surface area contributed by atoms with Crippen molar-refractivity contribution in [3.63, 3.8) is 0 Å². The average molecular weight is 327 g/mol. The number of thiophene rings is 1. The summed E-state index contributed by atoms with van der Waals surface area (Å²) in [6.07, 6.45) is 6.58. The fourth-order valence-corrected chi connectivity index (χ4v) is 4.57. The summed E-state index contributed by atoms with van der Waals surface area (Å²) in [6, 6.07) is 8.24. The number of piperidine rings is 1. The van der Waals surface area contributed by atoms with Gasteiger partial charge in [-0.15, -0.1) is 11.3 Å². The van der Waals surface area contributed by atoms with Crippen molar-refractivity contribution in [2.75, 3.05) is 13.1 Å². The number of nitrogens with one attached hydrogen (secondary N) is 1. The van der Waals surface area contributed by atoms with Crippen LogP contribution in [0.4, 0.5) is 0 Å². The Labute approximate surface area is 140 Å². The summed E-state index contributed by atoms with van der Waals surface area (Å²) in [4.78, 5) is 20.5. The third-order valence-corrected chi connectivity index (χ3v) is 6.02. The summed E-state index contributed by atoms with van der Waals surface area (Å²) in [5.41, 5.74) is 1.03. The highest BCUT2D eigenvalue weighted by Crippen LogP contribution is 2.39. The SMILES string of the molecule is O=C1NC2(CCN(Cc3cccs3)CC2)C[C@@H]1c1cccnc1. The molecule has 0 unspecified atom stereocenters. The topological polar surface area (TPSA) is 45.2 Å². The van der Waals surface area contributed by atoms with Crippen LogP contribution in [0.2, 0.25) is 0 Å². The van der Waals surface area contributed by atoms with Crippen LogP contribution in [0.3, 0.4) is 0 Å². The van der Waals surface area contributed by atoms with Crippen LogP contribution in [0, 0.1) is 0 Å². The molecule has 2 saturated heterocycles. The number of amides is 1. The zero-order valence-corrected chi connectivity index (χ0v) is 13.9. The number of carbonyl (C=O) groups is 1. The van der Waals surface area contributed by atoms with Crippen LogP contribution < -0.4 is 5.32 Å². The van der Waals surface area contributed by atoms with Crippen LogP contribution in [-0.4, -0.2) is 34.4 Å². The Bertz CT molecular complexity index is 663. The first-order valence-electron chi connectivity index (χ1n) is 8.21. The van der Waals surface area contributed by atoms with Crippen LogP contribution in [0.25, 0.3) is 0 Å². The maximum atomic E-state index is 12.4. The number of nitrogens with zero attached hydrogens (tertiary/aromatic N) is 2. The lowest BCUT2D eigenvalue weighted by atomic mass is 9.82. The van der Waals surface area contributed by atoms with Crippen molar-refractivity contribution in [3.8, 4) is 0 Å². The van der Waals surface area contributed by atoms with Crippen molar-refractivity contribution >= 4 is 17.2 Å². The van der Waals surface area contributed by atoms with Crippen LogP contribution in [-0.2, 0) is 11.3 Å². The minimum absolute atomic E-state index is 0.0104. The zero-order chi connectivity index (χ0) is 15.7. The van der Waals surface area contributed by atoms with Crippen molar-refractivity contribution < 1.29 is 4.79 Å². The smallest absolute Gasteiger partial charge is 0.228 e. The minimum Gasteiger partial charge on any atom is -0.350 e. The van der Waals surface area contributed by atoms with E-state index in [9.17, 15) is 4.79 Å². The summed E-state index contributed by atoms with van der Waals surface area (Å²) in [7, 11) is 0. The van der Waals surface area contributed by atoms with Gasteiger partial charge in [0.2, 0.25) is 5.91 Å². The average Bonchev–Trinajstić information content (AvgIpc) is 3.19. The molecule has 2 fully saturated rings. The van der Waals surface area contributed by atoms with Gasteiger partial charge in [0.05, 0.1) is 5.92 Å². The molecule has 2 aromatic rings. The van der Waals surface area contributed by atoms with E-state index in [0.29, 0.717) is 0 Å². The van der Waals surface area contributed by atoms with E-state index in [2.05, 4.69) is 32.7 Å². The van der Waals surface area contributed by atoms with E-state index in [0.717, 1.165) is 44.5 Å². The first kappa shape index (κ1) is 14.8. The maximum Gasteiger partial charge on any atom is 0.228 e. The number of carbonyl (C=O) groups excluding carboxylic acids is 1. The van der Waals surface area contributed by atoms with Crippen molar-refractivity contribution in [3.05, 3.63) is 52.5 Å². The highest BCUT2D eigenvalue weighted by molar-refractivity contribution is 7.09. The zero-order valence-electron chi connectivity index (χ0n) is 13.1. The maximum absolute atomic E-state index is 12.4. The fourth-order valence-electron chi connectivity index (χ4n) is 3.83. The minimum atomic E-state index is -0.0347. The monoisotopic (exact) mass is 327 g/mol. The molecule has 1 N–H and O–H groups in total. The van der Waals surface area contributed by atoms with Crippen LogP contribution in [0.1, 0.15) is 35.6 Å². The van der Waals surface area contributed by atoms with Gasteiger partial charge in [0.25, 0.3) is 0 Å². The van der Waals surface area contributed by atoms with Gasteiger partial charge < -0.3 is 5.32 Å². The number of pyridine rings is 1. The number of likely N-dealkylation sites (tertiary alicyclic amines) is 1. The summed E-state index contributed by atoms with van der Waals surface area (Å²) >= 11 is 1.82. The Balaban J connectivity index is 1.40. The molecular formula is C18H21N3OS. The molecule has 0 aromatic carbocycles. The highest BCUT2D eigenvalue weighted by Gasteiger charge is 2.46. The standard InChI is InChI=1S/C18H21N3OS/c22-17-16(14-3-1-7-19-12-14)11-18(20-17)5-8-21(9-6-18)13-15-4-2-10-23-15/h1-4,7,10,12,16H,5-6,8-9,11,13H2,(H,20,22)/t16-/m1/s1. The molecule has 0 bridgehead atoms. The van der Waals surface area contributed by atoms with Crippen LogP contribution in [0.15, 0.2) is 42.0 Å². The van der Waals surface area contributed by atoms with E-state index in [1.54, 1.807) is 6.20 Å². The van der Waals surface area contributed by atoms with E-state index >= 15 is 0 Å². The molecular weight excluding hydrogens is 306 g/mol. The van der Waals surface area contributed by atoms with Gasteiger partial charge in [-0.3, -0.25) is 14.7 Å². The van der Waals surface area contributed by atoms with E-state index < -0.39 is 0 Å². The largest absolute Gasteiger partial charge is 0.350 e. The molecule has 1 atom stereocenters. The molecule has 4 nitrogen and oxygen atoms in total. The van der Waals surface area contributed by atoms with Gasteiger partial charge in [0.1, 0.15) is 0 Å². The third-order valence-electron chi connectivity index (χ3n) is 5.16. The second-order valence-corrected chi connectivity index (χ2v) is 7.70.